The van der Waals surface area contributed by atoms with Gasteiger partial charge in [-0.15, -0.1) is 13.2 Å². The average molecular weight is 359 g/mol. The van der Waals surface area contributed by atoms with Gasteiger partial charge in [-0.05, 0) is 48.4 Å². The molecule has 0 saturated carbocycles. The lowest BCUT2D eigenvalue weighted by Crippen LogP contribution is -2.17. The van der Waals surface area contributed by atoms with E-state index in [2.05, 4.69) is 4.74 Å². The first-order chi connectivity index (χ1) is 11.2. The van der Waals surface area contributed by atoms with Gasteiger partial charge in [-0.25, -0.2) is 8.42 Å². The smallest absolute Gasteiger partial charge is 0.406 e. The zero-order chi connectivity index (χ0) is 17.8. The molecule has 0 unspecified atom stereocenters. The van der Waals surface area contributed by atoms with Crippen molar-refractivity contribution in [2.24, 2.45) is 5.73 Å². The summed E-state index contributed by atoms with van der Waals surface area (Å²) in [6.45, 7) is 0.504. The van der Waals surface area contributed by atoms with Gasteiger partial charge in [0.2, 0.25) is 0 Å². The minimum absolute atomic E-state index is 0.0666. The summed E-state index contributed by atoms with van der Waals surface area (Å²) in [4.78, 5) is -0.0666. The van der Waals surface area contributed by atoms with Crippen LogP contribution in [0.15, 0.2) is 53.4 Å². The predicted octanol–water partition coefficient (Wildman–Crippen LogP) is 3.06. The van der Waals surface area contributed by atoms with Crippen molar-refractivity contribution in [1.82, 2.24) is 0 Å². The Morgan fingerprint density at radius 3 is 1.96 bits per heavy atom. The van der Waals surface area contributed by atoms with Crippen molar-refractivity contribution in [2.75, 3.05) is 6.54 Å². The minimum Gasteiger partial charge on any atom is -0.406 e. The maximum absolute atomic E-state index is 12.3. The van der Waals surface area contributed by atoms with Gasteiger partial charge >= 0.3 is 6.36 Å². The van der Waals surface area contributed by atoms with E-state index in [4.69, 9.17) is 5.73 Å². The largest absolute Gasteiger partial charge is 0.573 e. The first-order valence-electron chi connectivity index (χ1n) is 7.06. The molecule has 0 saturated heterocycles. The molecule has 0 atom stereocenters. The highest BCUT2D eigenvalue weighted by Crippen LogP contribution is 2.25. The molecule has 0 fully saturated rings. The highest BCUT2D eigenvalue weighted by molar-refractivity contribution is 7.90. The highest BCUT2D eigenvalue weighted by atomic mass is 32.2. The van der Waals surface area contributed by atoms with E-state index in [-0.39, 0.29) is 10.6 Å². The number of hydrogen-bond acceptors (Lipinski definition) is 4. The summed E-state index contributed by atoms with van der Waals surface area (Å²) in [5.74, 6) is -0.706. The van der Waals surface area contributed by atoms with Gasteiger partial charge in [0.1, 0.15) is 5.75 Å². The van der Waals surface area contributed by atoms with Crippen LogP contribution in [0.25, 0.3) is 0 Å². The van der Waals surface area contributed by atoms with E-state index in [1.807, 2.05) is 0 Å². The third kappa shape index (κ3) is 5.24. The molecule has 0 aliphatic heterocycles. The van der Waals surface area contributed by atoms with Crippen LogP contribution in [-0.2, 0) is 22.0 Å². The molecule has 130 valence electrons. The second kappa shape index (κ2) is 7.23. The molecule has 4 nitrogen and oxygen atoms in total. The summed E-state index contributed by atoms with van der Waals surface area (Å²) in [6.07, 6.45) is -4.11. The number of sulfone groups is 1. The summed E-state index contributed by atoms with van der Waals surface area (Å²) in [7, 11) is -3.66. The fraction of sp³-hybridized carbons (Fsp3) is 0.250. The van der Waals surface area contributed by atoms with Crippen LogP contribution in [0.5, 0.6) is 5.75 Å². The monoisotopic (exact) mass is 359 g/mol. The van der Waals surface area contributed by atoms with Crippen molar-refractivity contribution in [1.29, 1.82) is 0 Å². The van der Waals surface area contributed by atoms with E-state index in [0.29, 0.717) is 18.5 Å². The van der Waals surface area contributed by atoms with Crippen molar-refractivity contribution in [3.63, 3.8) is 0 Å². The van der Waals surface area contributed by atoms with E-state index in [0.717, 1.165) is 29.8 Å². The standard InChI is InChI=1S/C16H16F3NO3S/c17-16(18,19)23-14-5-7-15(8-6-14)24(21,22)11-13-3-1-12(2-4-13)9-10-20/h1-8H,9-11,20H2. The molecule has 0 spiro atoms. The fourth-order valence-electron chi connectivity index (χ4n) is 2.12. The molecule has 0 amide bonds. The Morgan fingerprint density at radius 1 is 0.917 bits per heavy atom. The van der Waals surface area contributed by atoms with Crippen LogP contribution >= 0.6 is 0 Å². The van der Waals surface area contributed by atoms with Gasteiger partial charge < -0.3 is 10.5 Å². The molecule has 0 radical (unpaired) electrons. The molecule has 0 aliphatic carbocycles. The third-order valence-corrected chi connectivity index (χ3v) is 4.93. The van der Waals surface area contributed by atoms with Crippen LogP contribution in [0.1, 0.15) is 11.1 Å². The maximum Gasteiger partial charge on any atom is 0.573 e. The van der Waals surface area contributed by atoms with Gasteiger partial charge in [0.25, 0.3) is 0 Å². The van der Waals surface area contributed by atoms with Crippen LogP contribution in [0.4, 0.5) is 13.2 Å². The third-order valence-electron chi connectivity index (χ3n) is 3.23. The minimum atomic E-state index is -4.81. The zero-order valence-electron chi connectivity index (χ0n) is 12.6. The second-order valence-corrected chi connectivity index (χ2v) is 7.12. The molecule has 0 aromatic heterocycles. The van der Waals surface area contributed by atoms with Crippen molar-refractivity contribution in [3.05, 3.63) is 59.7 Å². The van der Waals surface area contributed by atoms with Crippen LogP contribution in [-0.4, -0.2) is 21.3 Å². The van der Waals surface area contributed by atoms with Gasteiger partial charge in [0.05, 0.1) is 10.6 Å². The number of ether oxygens (including phenoxy) is 1. The molecule has 0 aliphatic rings. The Bertz CT molecular complexity index is 770. The normalized spacial score (nSPS) is 12.2. The molecule has 0 heterocycles. The van der Waals surface area contributed by atoms with Gasteiger partial charge in [0, 0.05) is 0 Å². The van der Waals surface area contributed by atoms with E-state index in [9.17, 15) is 21.6 Å². The molecular formula is C16H16F3NO3S. The summed E-state index contributed by atoms with van der Waals surface area (Å²) in [5, 5.41) is 0. The number of rotatable bonds is 6. The van der Waals surface area contributed by atoms with Crippen molar-refractivity contribution < 1.29 is 26.3 Å². The molecular weight excluding hydrogens is 343 g/mol. The molecule has 2 aromatic carbocycles. The average Bonchev–Trinajstić information content (AvgIpc) is 2.48. The Morgan fingerprint density at radius 2 is 1.46 bits per heavy atom. The first kappa shape index (κ1) is 18.3. The molecule has 2 rings (SSSR count). The van der Waals surface area contributed by atoms with Gasteiger partial charge in [-0.3, -0.25) is 0 Å². The number of halogens is 3. The van der Waals surface area contributed by atoms with Crippen molar-refractivity contribution in [2.45, 2.75) is 23.4 Å². The van der Waals surface area contributed by atoms with Crippen LogP contribution < -0.4 is 10.5 Å². The maximum atomic E-state index is 12.3. The first-order valence-corrected chi connectivity index (χ1v) is 8.71. The number of alkyl halides is 3. The van der Waals surface area contributed by atoms with Crippen molar-refractivity contribution >= 4 is 9.84 Å². The van der Waals surface area contributed by atoms with E-state index < -0.39 is 21.9 Å². The predicted molar refractivity (Wildman–Crippen MR) is 83.2 cm³/mol. The summed E-state index contributed by atoms with van der Waals surface area (Å²) < 4.78 is 64.7. The lowest BCUT2D eigenvalue weighted by atomic mass is 10.1. The second-order valence-electron chi connectivity index (χ2n) is 5.13. The Kier molecular flexibility index (Phi) is 5.51. The number of nitrogens with two attached hydrogens (primary N) is 1. The van der Waals surface area contributed by atoms with Crippen LogP contribution in [0.2, 0.25) is 0 Å². The lowest BCUT2D eigenvalue weighted by Gasteiger charge is -2.10. The lowest BCUT2D eigenvalue weighted by molar-refractivity contribution is -0.274. The quantitative estimate of drug-likeness (QED) is 0.861. The summed E-state index contributed by atoms with van der Waals surface area (Å²) >= 11 is 0. The Balaban J connectivity index is 2.12. The SMILES string of the molecule is NCCc1ccc(CS(=O)(=O)c2ccc(OC(F)(F)F)cc2)cc1. The highest BCUT2D eigenvalue weighted by Gasteiger charge is 2.31. The van der Waals surface area contributed by atoms with Gasteiger partial charge in [0.15, 0.2) is 9.84 Å². The molecule has 2 N–H and O–H groups in total. The van der Waals surface area contributed by atoms with Crippen LogP contribution in [0, 0.1) is 0 Å². The summed E-state index contributed by atoms with van der Waals surface area (Å²) in [5.41, 5.74) is 7.05. The van der Waals surface area contributed by atoms with Gasteiger partial charge in [-0.1, -0.05) is 24.3 Å². The Hall–Kier alpha value is -2.06. The number of benzene rings is 2. The summed E-state index contributed by atoms with van der Waals surface area (Å²) in [6, 6.07) is 11.1. The number of hydrogen-bond donors (Lipinski definition) is 1. The molecule has 8 heteroatoms. The van der Waals surface area contributed by atoms with Crippen LogP contribution in [0.3, 0.4) is 0 Å². The molecule has 2 aromatic rings. The van der Waals surface area contributed by atoms with E-state index in [1.165, 1.54) is 0 Å². The Labute approximate surface area is 138 Å². The zero-order valence-corrected chi connectivity index (χ0v) is 13.4. The van der Waals surface area contributed by atoms with Gasteiger partial charge in [-0.2, -0.15) is 0 Å². The van der Waals surface area contributed by atoms with E-state index >= 15 is 0 Å². The van der Waals surface area contributed by atoms with E-state index in [1.54, 1.807) is 24.3 Å². The molecule has 24 heavy (non-hydrogen) atoms. The topological polar surface area (TPSA) is 69.4 Å². The molecule has 0 bridgehead atoms. The van der Waals surface area contributed by atoms with Crippen molar-refractivity contribution in [3.8, 4) is 5.75 Å². The fourth-order valence-corrected chi connectivity index (χ4v) is 3.47.